The van der Waals surface area contributed by atoms with Crippen LogP contribution in [0, 0.1) is 19.7 Å². The lowest BCUT2D eigenvalue weighted by Crippen LogP contribution is -2.16. The summed E-state index contributed by atoms with van der Waals surface area (Å²) in [6.07, 6.45) is 0. The van der Waals surface area contributed by atoms with E-state index in [-0.39, 0.29) is 23.0 Å². The molecule has 7 nitrogen and oxygen atoms in total. The molecule has 5 rings (SSSR count). The van der Waals surface area contributed by atoms with Crippen LogP contribution in [0.4, 0.5) is 9.39 Å². The maximum atomic E-state index is 13.4. The van der Waals surface area contributed by atoms with E-state index in [1.807, 2.05) is 11.6 Å². The Hall–Kier alpha value is -3.80. The van der Waals surface area contributed by atoms with Crippen LogP contribution in [0.1, 0.15) is 20.8 Å². The summed E-state index contributed by atoms with van der Waals surface area (Å²) >= 11 is 4.12. The zero-order valence-corrected chi connectivity index (χ0v) is 24.6. The fraction of sp³-hybridized carbons (Fsp3) is 0.172. The number of aromatic nitrogens is 3. The summed E-state index contributed by atoms with van der Waals surface area (Å²) in [4.78, 5) is 26.7. The molecule has 1 amide bonds. The smallest absolute Gasteiger partial charge is 0.341 e. The predicted molar refractivity (Wildman–Crippen MR) is 160 cm³/mol. The van der Waals surface area contributed by atoms with Gasteiger partial charge in [0, 0.05) is 39.4 Å². The van der Waals surface area contributed by atoms with Gasteiger partial charge < -0.3 is 14.6 Å². The van der Waals surface area contributed by atoms with Crippen LogP contribution in [0.5, 0.6) is 0 Å². The Morgan fingerprint density at radius 1 is 0.975 bits per heavy atom. The molecule has 0 radical (unpaired) electrons. The Labute approximate surface area is 243 Å². The number of esters is 1. The Bertz CT molecular complexity index is 1690. The molecule has 0 fully saturated rings. The largest absolute Gasteiger partial charge is 0.465 e. The van der Waals surface area contributed by atoms with Crippen molar-refractivity contribution in [2.45, 2.75) is 19.0 Å². The van der Waals surface area contributed by atoms with Gasteiger partial charge in [-0.3, -0.25) is 4.79 Å². The molecule has 204 valence electrons. The topological polar surface area (TPSA) is 86.1 Å². The van der Waals surface area contributed by atoms with Crippen LogP contribution < -0.4 is 5.32 Å². The number of anilines is 1. The first-order chi connectivity index (χ1) is 19.3. The highest BCUT2D eigenvalue weighted by molar-refractivity contribution is 7.99. The summed E-state index contributed by atoms with van der Waals surface area (Å²) in [7, 11) is 3.16. The SMILES string of the molecule is COC(=O)c1c(-c2ccc(F)cc2)csc1NC(=O)CSc1nnc(-c2csc(C)c2-c2ccc(C)cc2)n1C. The van der Waals surface area contributed by atoms with Crippen molar-refractivity contribution in [3.05, 3.63) is 81.1 Å². The van der Waals surface area contributed by atoms with Crippen molar-refractivity contribution in [3.8, 4) is 33.6 Å². The number of hydrogen-bond donors (Lipinski definition) is 1. The van der Waals surface area contributed by atoms with Crippen LogP contribution in [0.2, 0.25) is 0 Å². The van der Waals surface area contributed by atoms with Crippen LogP contribution in [-0.2, 0) is 16.6 Å². The van der Waals surface area contributed by atoms with E-state index in [9.17, 15) is 14.0 Å². The van der Waals surface area contributed by atoms with Gasteiger partial charge in [-0.05, 0) is 37.1 Å². The first kappa shape index (κ1) is 27.8. The first-order valence-corrected chi connectivity index (χ1v) is 14.9. The van der Waals surface area contributed by atoms with Crippen LogP contribution >= 0.6 is 34.4 Å². The van der Waals surface area contributed by atoms with Crippen LogP contribution in [0.3, 0.4) is 0 Å². The molecule has 0 aliphatic carbocycles. The first-order valence-electron chi connectivity index (χ1n) is 12.2. The third-order valence-corrected chi connectivity index (χ3v) is 9.14. The Morgan fingerprint density at radius 3 is 2.35 bits per heavy atom. The van der Waals surface area contributed by atoms with Crippen LogP contribution in [0.15, 0.2) is 64.4 Å². The van der Waals surface area contributed by atoms with Gasteiger partial charge in [-0.25, -0.2) is 9.18 Å². The number of thiophene rings is 2. The van der Waals surface area contributed by atoms with Crippen molar-refractivity contribution in [2.75, 3.05) is 18.2 Å². The van der Waals surface area contributed by atoms with E-state index in [0.29, 0.717) is 21.3 Å². The molecule has 0 aliphatic rings. The van der Waals surface area contributed by atoms with Crippen molar-refractivity contribution in [2.24, 2.45) is 7.05 Å². The van der Waals surface area contributed by atoms with E-state index in [0.717, 1.165) is 22.5 Å². The second kappa shape index (κ2) is 11.7. The zero-order chi connectivity index (χ0) is 28.4. The summed E-state index contributed by atoms with van der Waals surface area (Å²) < 4.78 is 20.3. The zero-order valence-electron chi connectivity index (χ0n) is 22.1. The minimum Gasteiger partial charge on any atom is -0.465 e. The van der Waals surface area contributed by atoms with Gasteiger partial charge in [0.25, 0.3) is 0 Å². The van der Waals surface area contributed by atoms with Gasteiger partial charge in [0.2, 0.25) is 5.91 Å². The van der Waals surface area contributed by atoms with Crippen molar-refractivity contribution in [1.29, 1.82) is 0 Å². The number of benzene rings is 2. The normalized spacial score (nSPS) is 11.0. The van der Waals surface area contributed by atoms with Crippen molar-refractivity contribution in [3.63, 3.8) is 0 Å². The van der Waals surface area contributed by atoms with Crippen molar-refractivity contribution >= 4 is 51.3 Å². The van der Waals surface area contributed by atoms with E-state index >= 15 is 0 Å². The predicted octanol–water partition coefficient (Wildman–Crippen LogP) is 7.21. The summed E-state index contributed by atoms with van der Waals surface area (Å²) in [5.41, 5.74) is 5.87. The van der Waals surface area contributed by atoms with Gasteiger partial charge in [0.05, 0.1) is 12.9 Å². The van der Waals surface area contributed by atoms with Gasteiger partial charge in [-0.1, -0.05) is 53.7 Å². The number of methoxy groups -OCH3 is 1. The molecule has 40 heavy (non-hydrogen) atoms. The highest BCUT2D eigenvalue weighted by atomic mass is 32.2. The average molecular weight is 593 g/mol. The van der Waals surface area contributed by atoms with Crippen molar-refractivity contribution in [1.82, 2.24) is 14.8 Å². The maximum Gasteiger partial charge on any atom is 0.341 e. The summed E-state index contributed by atoms with van der Waals surface area (Å²) in [5, 5.41) is 16.4. The number of nitrogens with one attached hydrogen (secondary N) is 1. The Balaban J connectivity index is 1.33. The number of thioether (sulfide) groups is 1. The second-order valence-corrected chi connectivity index (χ2v) is 11.9. The number of rotatable bonds is 8. The number of halogens is 1. The van der Waals surface area contributed by atoms with E-state index in [1.165, 1.54) is 52.8 Å². The highest BCUT2D eigenvalue weighted by Crippen LogP contribution is 2.39. The number of carbonyl (C=O) groups excluding carboxylic acids is 2. The number of carbonyl (C=O) groups is 2. The summed E-state index contributed by atoms with van der Waals surface area (Å²) in [5.74, 6) is -0.491. The molecule has 3 heterocycles. The minimum absolute atomic E-state index is 0.0594. The molecule has 2 aromatic carbocycles. The molecule has 1 N–H and O–H groups in total. The number of nitrogens with zero attached hydrogens (tertiary/aromatic N) is 3. The lowest BCUT2D eigenvalue weighted by atomic mass is 10.0. The molecule has 5 aromatic rings. The minimum atomic E-state index is -0.586. The fourth-order valence-corrected chi connectivity index (χ4v) is 6.81. The van der Waals surface area contributed by atoms with Gasteiger partial charge in [-0.2, -0.15) is 0 Å². The third kappa shape index (κ3) is 5.58. The molecule has 3 aromatic heterocycles. The summed E-state index contributed by atoms with van der Waals surface area (Å²) in [6, 6.07) is 14.2. The molecule has 0 bridgehead atoms. The van der Waals surface area contributed by atoms with E-state index < -0.39 is 5.97 Å². The number of ether oxygens (including phenoxy) is 1. The van der Waals surface area contributed by atoms with E-state index in [4.69, 9.17) is 4.74 Å². The highest BCUT2D eigenvalue weighted by Gasteiger charge is 2.23. The van der Waals surface area contributed by atoms with Gasteiger partial charge in [0.1, 0.15) is 16.4 Å². The van der Waals surface area contributed by atoms with Gasteiger partial charge >= 0.3 is 5.97 Å². The van der Waals surface area contributed by atoms with E-state index in [1.54, 1.807) is 28.8 Å². The quantitative estimate of drug-likeness (QED) is 0.151. The summed E-state index contributed by atoms with van der Waals surface area (Å²) in [6.45, 7) is 4.15. The molecule has 0 spiro atoms. The Kier molecular flexibility index (Phi) is 8.15. The molecule has 11 heteroatoms. The Morgan fingerprint density at radius 2 is 1.65 bits per heavy atom. The van der Waals surface area contributed by atoms with Gasteiger partial charge in [0.15, 0.2) is 11.0 Å². The third-order valence-electron chi connectivity index (χ3n) is 6.31. The average Bonchev–Trinajstić information content (AvgIpc) is 3.64. The molecule has 0 saturated carbocycles. The fourth-order valence-electron chi connectivity index (χ4n) is 4.26. The lowest BCUT2D eigenvalue weighted by molar-refractivity contribution is -0.113. The van der Waals surface area contributed by atoms with Crippen LogP contribution in [-0.4, -0.2) is 39.5 Å². The molecule has 0 unspecified atom stereocenters. The second-order valence-electron chi connectivity index (χ2n) is 9.00. The monoisotopic (exact) mass is 592 g/mol. The standard InChI is InChI=1S/C29H25FN4O3S3/c1-16-5-7-19(8-6-16)24-17(2)38-14-22(24)26-32-33-29(34(26)3)40-15-23(35)31-27-25(28(36)37-4)21(13-39-27)18-9-11-20(30)12-10-18/h5-14H,15H2,1-4H3,(H,31,35). The molecular weight excluding hydrogens is 568 g/mol. The molecule has 0 atom stereocenters. The number of aryl methyl sites for hydroxylation is 2. The number of hydrogen-bond acceptors (Lipinski definition) is 8. The van der Waals surface area contributed by atoms with Crippen molar-refractivity contribution < 1.29 is 18.7 Å². The number of amides is 1. The molecular formula is C29H25FN4O3S3. The lowest BCUT2D eigenvalue weighted by Gasteiger charge is -2.09. The van der Waals surface area contributed by atoms with Crippen LogP contribution in [0.25, 0.3) is 33.6 Å². The van der Waals surface area contributed by atoms with Gasteiger partial charge in [-0.15, -0.1) is 32.9 Å². The maximum absolute atomic E-state index is 13.4. The molecule has 0 saturated heterocycles. The molecule has 0 aliphatic heterocycles. The van der Waals surface area contributed by atoms with E-state index in [2.05, 4.69) is 59.0 Å².